The number of urea groups is 1. The van der Waals surface area contributed by atoms with Gasteiger partial charge in [-0.1, -0.05) is 6.07 Å². The van der Waals surface area contributed by atoms with Gasteiger partial charge in [-0.2, -0.15) is 0 Å². The predicted octanol–water partition coefficient (Wildman–Crippen LogP) is 1.87. The highest BCUT2D eigenvalue weighted by Crippen LogP contribution is 2.24. The average molecular weight is 207 g/mol. The van der Waals surface area contributed by atoms with E-state index in [1.54, 1.807) is 12.1 Å². The lowest BCUT2D eigenvalue weighted by atomic mass is 10.1. The summed E-state index contributed by atoms with van der Waals surface area (Å²) in [4.78, 5) is 12.8. The van der Waals surface area contributed by atoms with E-state index in [1.807, 2.05) is 26.8 Å². The number of nitrogens with two attached hydrogens (primary N) is 2. The summed E-state index contributed by atoms with van der Waals surface area (Å²) in [5.41, 5.74) is 13.4. The van der Waals surface area contributed by atoms with Crippen LogP contribution in [0, 0.1) is 6.92 Å². The van der Waals surface area contributed by atoms with Gasteiger partial charge in [0, 0.05) is 11.7 Å². The SMILES string of the molecule is Cc1ccc(N)cc1N(C(N)=O)C(C)C. The van der Waals surface area contributed by atoms with Crippen LogP contribution in [0.2, 0.25) is 0 Å². The highest BCUT2D eigenvalue weighted by atomic mass is 16.2. The first-order valence-corrected chi connectivity index (χ1v) is 4.88. The molecule has 4 N–H and O–H groups in total. The lowest BCUT2D eigenvalue weighted by molar-refractivity contribution is 0.252. The number of anilines is 2. The molecule has 4 nitrogen and oxygen atoms in total. The normalized spacial score (nSPS) is 10.4. The van der Waals surface area contributed by atoms with E-state index in [-0.39, 0.29) is 6.04 Å². The molecule has 0 saturated heterocycles. The summed E-state index contributed by atoms with van der Waals surface area (Å²) >= 11 is 0. The average Bonchev–Trinajstić information content (AvgIpc) is 2.10. The van der Waals surface area contributed by atoms with Gasteiger partial charge in [0.25, 0.3) is 0 Å². The first-order chi connectivity index (χ1) is 6.93. The Labute approximate surface area is 89.9 Å². The first-order valence-electron chi connectivity index (χ1n) is 4.88. The summed E-state index contributed by atoms with van der Waals surface area (Å²) in [7, 11) is 0. The smallest absolute Gasteiger partial charge is 0.319 e. The molecule has 1 aromatic carbocycles. The summed E-state index contributed by atoms with van der Waals surface area (Å²) < 4.78 is 0. The molecule has 0 radical (unpaired) electrons. The van der Waals surface area contributed by atoms with E-state index in [1.165, 1.54) is 4.90 Å². The van der Waals surface area contributed by atoms with Crippen molar-refractivity contribution in [2.75, 3.05) is 10.6 Å². The van der Waals surface area contributed by atoms with E-state index in [0.717, 1.165) is 11.3 Å². The summed E-state index contributed by atoms with van der Waals surface area (Å²) in [5, 5.41) is 0. The van der Waals surface area contributed by atoms with Gasteiger partial charge in [-0.05, 0) is 38.5 Å². The van der Waals surface area contributed by atoms with Crippen LogP contribution in [-0.4, -0.2) is 12.1 Å². The second-order valence-electron chi connectivity index (χ2n) is 3.85. The van der Waals surface area contributed by atoms with Gasteiger partial charge in [0.1, 0.15) is 0 Å². The Kier molecular flexibility index (Phi) is 3.19. The molecule has 1 aromatic rings. The van der Waals surface area contributed by atoms with E-state index in [4.69, 9.17) is 11.5 Å². The van der Waals surface area contributed by atoms with Gasteiger partial charge in [0.15, 0.2) is 0 Å². The number of hydrogen-bond donors (Lipinski definition) is 2. The molecule has 0 atom stereocenters. The fourth-order valence-electron chi connectivity index (χ4n) is 1.54. The van der Waals surface area contributed by atoms with Gasteiger partial charge in [-0.3, -0.25) is 4.90 Å². The van der Waals surface area contributed by atoms with E-state index in [9.17, 15) is 4.79 Å². The highest BCUT2D eigenvalue weighted by molar-refractivity contribution is 5.92. The molecule has 0 bridgehead atoms. The maximum atomic E-state index is 11.3. The van der Waals surface area contributed by atoms with Gasteiger partial charge >= 0.3 is 6.03 Å². The third kappa shape index (κ3) is 2.40. The fourth-order valence-corrected chi connectivity index (χ4v) is 1.54. The molecule has 15 heavy (non-hydrogen) atoms. The van der Waals surface area contributed by atoms with Crippen LogP contribution in [0.25, 0.3) is 0 Å². The Morgan fingerprint density at radius 1 is 1.40 bits per heavy atom. The third-order valence-electron chi connectivity index (χ3n) is 2.25. The second-order valence-corrected chi connectivity index (χ2v) is 3.85. The van der Waals surface area contributed by atoms with Gasteiger partial charge in [0.05, 0.1) is 5.69 Å². The van der Waals surface area contributed by atoms with Crippen molar-refractivity contribution in [3.8, 4) is 0 Å². The number of aryl methyl sites for hydroxylation is 1. The summed E-state index contributed by atoms with van der Waals surface area (Å²) in [6.07, 6.45) is 0. The van der Waals surface area contributed by atoms with Crippen molar-refractivity contribution in [2.45, 2.75) is 26.8 Å². The van der Waals surface area contributed by atoms with Gasteiger partial charge < -0.3 is 11.5 Å². The minimum atomic E-state index is -0.460. The number of benzene rings is 1. The number of carbonyl (C=O) groups is 1. The maximum Gasteiger partial charge on any atom is 0.319 e. The van der Waals surface area contributed by atoms with Crippen molar-refractivity contribution in [1.82, 2.24) is 0 Å². The van der Waals surface area contributed by atoms with E-state index in [2.05, 4.69) is 0 Å². The van der Waals surface area contributed by atoms with Crippen molar-refractivity contribution in [3.63, 3.8) is 0 Å². The standard InChI is InChI=1S/C11H17N3O/c1-7(2)14(11(13)15)10-6-9(12)5-4-8(10)3/h4-7H,12H2,1-3H3,(H2,13,15). The molecule has 0 aliphatic heterocycles. The van der Waals surface area contributed by atoms with Crippen LogP contribution in [0.5, 0.6) is 0 Å². The molecule has 0 fully saturated rings. The zero-order chi connectivity index (χ0) is 11.6. The Morgan fingerprint density at radius 3 is 2.47 bits per heavy atom. The molecule has 0 aromatic heterocycles. The van der Waals surface area contributed by atoms with Crippen molar-refractivity contribution in [2.24, 2.45) is 5.73 Å². The molecule has 0 unspecified atom stereocenters. The fraction of sp³-hybridized carbons (Fsp3) is 0.364. The molecule has 0 spiro atoms. The largest absolute Gasteiger partial charge is 0.399 e. The summed E-state index contributed by atoms with van der Waals surface area (Å²) in [6.45, 7) is 5.74. The minimum Gasteiger partial charge on any atom is -0.399 e. The van der Waals surface area contributed by atoms with Crippen LogP contribution in [0.15, 0.2) is 18.2 Å². The Morgan fingerprint density at radius 2 is 2.00 bits per heavy atom. The van der Waals surface area contributed by atoms with Crippen molar-refractivity contribution in [1.29, 1.82) is 0 Å². The minimum absolute atomic E-state index is 0.0167. The van der Waals surface area contributed by atoms with Crippen LogP contribution in [0.4, 0.5) is 16.2 Å². The van der Waals surface area contributed by atoms with Crippen LogP contribution >= 0.6 is 0 Å². The molecular formula is C11H17N3O. The number of amides is 2. The molecule has 4 heteroatoms. The predicted molar refractivity (Wildman–Crippen MR) is 62.8 cm³/mol. The summed E-state index contributed by atoms with van der Waals surface area (Å²) in [5.74, 6) is 0. The van der Waals surface area contributed by atoms with Crippen LogP contribution in [-0.2, 0) is 0 Å². The topological polar surface area (TPSA) is 72.3 Å². The van der Waals surface area contributed by atoms with Crippen LogP contribution in [0.1, 0.15) is 19.4 Å². The quantitative estimate of drug-likeness (QED) is 0.726. The Hall–Kier alpha value is -1.71. The number of carbonyl (C=O) groups excluding carboxylic acids is 1. The number of nitrogens with zero attached hydrogens (tertiary/aromatic N) is 1. The molecule has 0 aliphatic carbocycles. The zero-order valence-electron chi connectivity index (χ0n) is 9.32. The molecule has 0 heterocycles. The first kappa shape index (κ1) is 11.4. The van der Waals surface area contributed by atoms with Crippen LogP contribution in [0.3, 0.4) is 0 Å². The van der Waals surface area contributed by atoms with Crippen molar-refractivity contribution in [3.05, 3.63) is 23.8 Å². The highest BCUT2D eigenvalue weighted by Gasteiger charge is 2.17. The van der Waals surface area contributed by atoms with Crippen molar-refractivity contribution < 1.29 is 4.79 Å². The monoisotopic (exact) mass is 207 g/mol. The van der Waals surface area contributed by atoms with Gasteiger partial charge in [0.2, 0.25) is 0 Å². The summed E-state index contributed by atoms with van der Waals surface area (Å²) in [6, 6.07) is 5.00. The van der Waals surface area contributed by atoms with Crippen molar-refractivity contribution >= 4 is 17.4 Å². The number of rotatable bonds is 2. The van der Waals surface area contributed by atoms with E-state index >= 15 is 0 Å². The molecular weight excluding hydrogens is 190 g/mol. The molecule has 2 amide bonds. The maximum absolute atomic E-state index is 11.3. The Bertz CT molecular complexity index is 374. The third-order valence-corrected chi connectivity index (χ3v) is 2.25. The second kappa shape index (κ2) is 4.21. The molecule has 0 aliphatic rings. The molecule has 82 valence electrons. The molecule has 1 rings (SSSR count). The van der Waals surface area contributed by atoms with E-state index in [0.29, 0.717) is 5.69 Å². The Balaban J connectivity index is 3.22. The number of hydrogen-bond acceptors (Lipinski definition) is 2. The number of primary amides is 1. The van der Waals surface area contributed by atoms with Crippen LogP contribution < -0.4 is 16.4 Å². The number of nitrogen functional groups attached to an aromatic ring is 1. The molecule has 0 saturated carbocycles. The lowest BCUT2D eigenvalue weighted by Crippen LogP contribution is -2.41. The van der Waals surface area contributed by atoms with Gasteiger partial charge in [-0.25, -0.2) is 4.79 Å². The van der Waals surface area contributed by atoms with E-state index < -0.39 is 6.03 Å². The zero-order valence-corrected chi connectivity index (χ0v) is 9.32. The lowest BCUT2D eigenvalue weighted by Gasteiger charge is -2.26. The van der Waals surface area contributed by atoms with Gasteiger partial charge in [-0.15, -0.1) is 0 Å².